The van der Waals surface area contributed by atoms with Gasteiger partial charge in [-0.25, -0.2) is 0 Å². The fourth-order valence-electron chi connectivity index (χ4n) is 3.07. The summed E-state index contributed by atoms with van der Waals surface area (Å²) in [4.78, 5) is 14.3. The van der Waals surface area contributed by atoms with E-state index in [2.05, 4.69) is 47.9 Å². The van der Waals surface area contributed by atoms with E-state index in [1.54, 1.807) is 0 Å². The van der Waals surface area contributed by atoms with Crippen molar-refractivity contribution < 1.29 is 9.53 Å². The molecule has 7 nitrogen and oxygen atoms in total. The maximum absolute atomic E-state index is 9.64. The number of unbranched alkanes of at least 4 members (excludes halogenated alkanes) is 2. The molecule has 208 valence electrons. The number of nitrogens with two attached hydrogens (primary N) is 1. The van der Waals surface area contributed by atoms with Crippen LogP contribution in [-0.4, -0.2) is 51.8 Å². The Labute approximate surface area is 234 Å². The van der Waals surface area contributed by atoms with Crippen LogP contribution in [0.3, 0.4) is 0 Å². The highest BCUT2D eigenvalue weighted by molar-refractivity contribution is 6.30. The molecule has 0 saturated carbocycles. The average molecular weight is 542 g/mol. The average Bonchev–Trinajstić information content (AvgIpc) is 3.14. The Bertz CT molecular complexity index is 1020. The Morgan fingerprint density at radius 3 is 2.53 bits per heavy atom. The van der Waals surface area contributed by atoms with Gasteiger partial charge in [0.2, 0.25) is 0 Å². The molecule has 38 heavy (non-hydrogen) atoms. The number of carbonyl (C=O) groups is 1. The Hall–Kier alpha value is -3.18. The van der Waals surface area contributed by atoms with Gasteiger partial charge in [0.1, 0.15) is 24.6 Å². The second kappa shape index (κ2) is 23.0. The standard InChI is InChI=1S/C22H25ClN4.C6H12O2.C2H7N/c1-3-4-12-21(27-16(2)23)26-15-17-8-7-9-18(14-13-17)19-10-5-6-11-20(19)22(24)25;1-2-3-5-8-6-4-7;1-3-2/h5-6,10-11,13-14H,2-4,9,12,15H2,1H3,(H3,24,25)(H,26,27);4H,2-3,5-6H2,1H3;3H,1-2H3. The first-order valence-electron chi connectivity index (χ1n) is 12.9. The van der Waals surface area contributed by atoms with Crippen molar-refractivity contribution >= 4 is 35.1 Å². The van der Waals surface area contributed by atoms with E-state index in [4.69, 9.17) is 27.5 Å². The van der Waals surface area contributed by atoms with Gasteiger partial charge in [-0.2, -0.15) is 0 Å². The molecule has 0 bridgehead atoms. The third-order valence-corrected chi connectivity index (χ3v) is 4.99. The topological polar surface area (TPSA) is 113 Å². The Morgan fingerprint density at radius 2 is 1.92 bits per heavy atom. The second-order valence-corrected chi connectivity index (χ2v) is 8.77. The third-order valence-electron chi connectivity index (χ3n) is 4.89. The maximum atomic E-state index is 9.64. The van der Waals surface area contributed by atoms with E-state index < -0.39 is 0 Å². The lowest BCUT2D eigenvalue weighted by molar-refractivity contribution is -0.111. The number of rotatable bonds is 13. The quantitative estimate of drug-likeness (QED) is 0.0665. The predicted octanol–water partition coefficient (Wildman–Crippen LogP) is 5.41. The van der Waals surface area contributed by atoms with E-state index in [0.717, 1.165) is 73.1 Å². The first-order chi connectivity index (χ1) is 18.3. The van der Waals surface area contributed by atoms with Crippen LogP contribution in [0.25, 0.3) is 5.57 Å². The molecule has 0 saturated heterocycles. The first kappa shape index (κ1) is 34.8. The summed E-state index contributed by atoms with van der Waals surface area (Å²) in [7, 11) is 3.75. The molecule has 2 rings (SSSR count). The number of benzene rings is 1. The molecule has 0 spiro atoms. The number of aliphatic imine (C=N–C) groups is 1. The van der Waals surface area contributed by atoms with E-state index >= 15 is 0 Å². The van der Waals surface area contributed by atoms with E-state index in [9.17, 15) is 4.79 Å². The van der Waals surface area contributed by atoms with Crippen molar-refractivity contribution in [2.45, 2.75) is 52.4 Å². The number of ether oxygens (including phenoxy) is 1. The number of carbonyl (C=O) groups excluding carboxylic acids is 1. The summed E-state index contributed by atoms with van der Waals surface area (Å²) in [5.41, 5.74) is 9.37. The number of nitrogens with zero attached hydrogens (tertiary/aromatic N) is 1. The van der Waals surface area contributed by atoms with Crippen molar-refractivity contribution in [3.05, 3.63) is 64.9 Å². The van der Waals surface area contributed by atoms with Gasteiger partial charge in [0.05, 0.1) is 11.7 Å². The summed E-state index contributed by atoms with van der Waals surface area (Å²) in [6, 6.07) is 7.66. The van der Waals surface area contributed by atoms with Crippen LogP contribution in [0, 0.1) is 17.3 Å². The molecule has 0 aliphatic heterocycles. The number of nitrogens with one attached hydrogen (secondary N) is 3. The highest BCUT2D eigenvalue weighted by Crippen LogP contribution is 2.23. The van der Waals surface area contributed by atoms with Crippen LogP contribution in [0.5, 0.6) is 0 Å². The van der Waals surface area contributed by atoms with E-state index in [0.29, 0.717) is 18.1 Å². The molecule has 0 radical (unpaired) electrons. The first-order valence-corrected chi connectivity index (χ1v) is 13.3. The molecule has 0 unspecified atom stereocenters. The van der Waals surface area contributed by atoms with Crippen LogP contribution < -0.4 is 16.4 Å². The molecule has 1 aromatic rings. The molecule has 1 aliphatic rings. The minimum Gasteiger partial charge on any atom is -0.384 e. The van der Waals surface area contributed by atoms with Crippen LogP contribution in [-0.2, 0) is 9.53 Å². The van der Waals surface area contributed by atoms with Gasteiger partial charge in [-0.15, -0.1) is 0 Å². The lowest BCUT2D eigenvalue weighted by atomic mass is 9.97. The summed E-state index contributed by atoms with van der Waals surface area (Å²) >= 11 is 5.86. The minimum atomic E-state index is 0.0606. The van der Waals surface area contributed by atoms with E-state index in [1.165, 1.54) is 0 Å². The fourth-order valence-corrected chi connectivity index (χ4v) is 3.18. The number of hydrogen-bond acceptors (Lipinski definition) is 5. The van der Waals surface area contributed by atoms with Crippen molar-refractivity contribution in [1.29, 1.82) is 5.41 Å². The van der Waals surface area contributed by atoms with Gasteiger partial charge in [-0.05, 0) is 44.1 Å². The van der Waals surface area contributed by atoms with Gasteiger partial charge in [0.25, 0.3) is 0 Å². The van der Waals surface area contributed by atoms with Gasteiger partial charge >= 0.3 is 0 Å². The molecule has 0 atom stereocenters. The second-order valence-electron chi connectivity index (χ2n) is 8.31. The van der Waals surface area contributed by atoms with Crippen LogP contribution in [0.4, 0.5) is 0 Å². The summed E-state index contributed by atoms with van der Waals surface area (Å²) in [6.45, 7) is 9.35. The van der Waals surface area contributed by atoms with Crippen molar-refractivity contribution in [3.8, 4) is 11.8 Å². The molecule has 0 fully saturated rings. The molecule has 1 aromatic carbocycles. The highest BCUT2D eigenvalue weighted by Gasteiger charge is 2.09. The number of aldehydes is 1. The molecule has 0 aromatic heterocycles. The van der Waals surface area contributed by atoms with Gasteiger partial charge in [-0.3, -0.25) is 10.4 Å². The van der Waals surface area contributed by atoms with Crippen molar-refractivity contribution in [1.82, 2.24) is 10.6 Å². The van der Waals surface area contributed by atoms with Crippen molar-refractivity contribution in [2.24, 2.45) is 10.7 Å². The van der Waals surface area contributed by atoms with Gasteiger partial charge in [-0.1, -0.05) is 87.1 Å². The third kappa shape index (κ3) is 16.5. The molecular weight excluding hydrogens is 498 g/mol. The SMILES string of the molecule is C=C(Cl)NC(CCCC)=NCC1=CC=C(c2ccccc2C(=N)N)CC#C1.CCCCOCC=O.CNC. The number of allylic oxidation sites excluding steroid dienone is 3. The zero-order valence-electron chi connectivity index (χ0n) is 23.3. The maximum Gasteiger partial charge on any atom is 0.145 e. The fraction of sp³-hybridized carbons (Fsp3) is 0.433. The highest BCUT2D eigenvalue weighted by atomic mass is 35.5. The Kier molecular flexibility index (Phi) is 21.1. The van der Waals surface area contributed by atoms with Gasteiger partial charge in [0, 0.05) is 30.6 Å². The largest absolute Gasteiger partial charge is 0.384 e. The predicted molar refractivity (Wildman–Crippen MR) is 163 cm³/mol. The summed E-state index contributed by atoms with van der Waals surface area (Å²) in [6.07, 6.45) is 10.5. The van der Waals surface area contributed by atoms with Crippen LogP contribution in [0.15, 0.2) is 58.7 Å². The van der Waals surface area contributed by atoms with Crippen LogP contribution >= 0.6 is 11.6 Å². The molecule has 8 heteroatoms. The Morgan fingerprint density at radius 1 is 1.24 bits per heavy atom. The smallest absolute Gasteiger partial charge is 0.145 e. The monoisotopic (exact) mass is 541 g/mol. The summed E-state index contributed by atoms with van der Waals surface area (Å²) < 4.78 is 4.86. The molecule has 0 amide bonds. The summed E-state index contributed by atoms with van der Waals surface area (Å²) in [5.74, 6) is 7.26. The molecule has 0 heterocycles. The number of hydrogen-bond donors (Lipinski definition) is 4. The van der Waals surface area contributed by atoms with Crippen LogP contribution in [0.2, 0.25) is 0 Å². The lowest BCUT2D eigenvalue weighted by Gasteiger charge is -2.09. The molecular formula is C30H44ClN5O2. The number of halogens is 1. The lowest BCUT2D eigenvalue weighted by Crippen LogP contribution is -2.20. The number of amidine groups is 2. The zero-order chi connectivity index (χ0) is 28.6. The van der Waals surface area contributed by atoms with Gasteiger partial charge in [0.15, 0.2) is 0 Å². The van der Waals surface area contributed by atoms with E-state index in [1.807, 2.05) is 50.5 Å². The van der Waals surface area contributed by atoms with Gasteiger partial charge < -0.3 is 25.9 Å². The zero-order valence-corrected chi connectivity index (χ0v) is 24.1. The normalized spacial score (nSPS) is 12.1. The minimum absolute atomic E-state index is 0.0606. The summed E-state index contributed by atoms with van der Waals surface area (Å²) in [5, 5.41) is 13.9. The van der Waals surface area contributed by atoms with Crippen LogP contribution in [0.1, 0.15) is 63.5 Å². The number of nitrogen functional groups attached to an aromatic ring is 1. The Balaban J connectivity index is 0.00000105. The van der Waals surface area contributed by atoms with Crippen molar-refractivity contribution in [3.63, 3.8) is 0 Å². The van der Waals surface area contributed by atoms with E-state index in [-0.39, 0.29) is 12.4 Å². The molecule has 5 N–H and O–H groups in total. The van der Waals surface area contributed by atoms with Crippen molar-refractivity contribution in [2.75, 3.05) is 33.9 Å². The molecule has 1 aliphatic carbocycles.